The van der Waals surface area contributed by atoms with E-state index in [0.29, 0.717) is 12.8 Å². The predicted molar refractivity (Wildman–Crippen MR) is 254 cm³/mol. The Morgan fingerprint density at radius 3 is 1.39 bits per heavy atom. The monoisotopic (exact) mass is 850 g/mol. The molecule has 0 radical (unpaired) electrons. The molecule has 2 unspecified atom stereocenters. The van der Waals surface area contributed by atoms with Gasteiger partial charge in [0.15, 0.2) is 6.10 Å². The van der Waals surface area contributed by atoms with Crippen molar-refractivity contribution < 1.29 is 38.2 Å². The van der Waals surface area contributed by atoms with Crippen LogP contribution in [0.15, 0.2) is 97.2 Å². The smallest absolute Gasteiger partial charge is 0.306 e. The molecule has 0 rings (SSSR count). The summed E-state index contributed by atoms with van der Waals surface area (Å²) in [5.41, 5.74) is 0. The van der Waals surface area contributed by atoms with Gasteiger partial charge in [0.05, 0.1) is 40.3 Å². The van der Waals surface area contributed by atoms with Gasteiger partial charge >= 0.3 is 11.9 Å². The Labute approximate surface area is 373 Å². The maximum Gasteiger partial charge on any atom is 0.306 e. The molecule has 8 heteroatoms. The van der Waals surface area contributed by atoms with E-state index < -0.39 is 18.1 Å². The first-order valence-corrected chi connectivity index (χ1v) is 23.8. The fourth-order valence-corrected chi connectivity index (χ4v) is 6.28. The largest absolute Gasteiger partial charge is 0.544 e. The average molecular weight is 850 g/mol. The number of allylic oxidation sites excluding steroid dienone is 16. The SMILES string of the molecule is CC/C=C/C/C=C/C/C=C/CCCCCCCCC(=O)OC(COCCC(C(=O)[O-])[N+](C)(C)C)COC(=O)CCCC/C=C/C/C=C/C/C=C/C/C=C/C/C=C/CCCCC. The first-order chi connectivity index (χ1) is 29.6. The van der Waals surface area contributed by atoms with Gasteiger partial charge in [0.2, 0.25) is 0 Å². The number of carbonyl (C=O) groups is 3. The van der Waals surface area contributed by atoms with E-state index in [1.54, 1.807) is 21.1 Å². The van der Waals surface area contributed by atoms with Gasteiger partial charge in [-0.15, -0.1) is 0 Å². The summed E-state index contributed by atoms with van der Waals surface area (Å²) in [6, 6.07) is -0.741. The molecule has 8 nitrogen and oxygen atoms in total. The van der Waals surface area contributed by atoms with E-state index in [0.717, 1.165) is 89.9 Å². The van der Waals surface area contributed by atoms with Crippen LogP contribution in [-0.4, -0.2) is 75.5 Å². The van der Waals surface area contributed by atoms with E-state index >= 15 is 0 Å². The zero-order valence-corrected chi connectivity index (χ0v) is 39.3. The van der Waals surface area contributed by atoms with E-state index in [1.807, 2.05) is 0 Å². The zero-order chi connectivity index (χ0) is 44.9. The number of carboxylic acid groups (broad SMARTS) is 1. The Bertz CT molecular complexity index is 1310. The van der Waals surface area contributed by atoms with Crippen molar-refractivity contribution in [2.24, 2.45) is 0 Å². The number of unbranched alkanes of at least 4 members (excludes halogenated alkanes) is 11. The highest BCUT2D eigenvalue weighted by molar-refractivity contribution is 5.70. The molecule has 0 amide bonds. The first-order valence-electron chi connectivity index (χ1n) is 23.8. The molecule has 0 fully saturated rings. The molecule has 0 saturated heterocycles. The minimum atomic E-state index is -1.14. The van der Waals surface area contributed by atoms with E-state index in [9.17, 15) is 19.5 Å². The van der Waals surface area contributed by atoms with Gasteiger partial charge in [0.25, 0.3) is 0 Å². The van der Waals surface area contributed by atoms with Crippen LogP contribution in [0.1, 0.15) is 168 Å². The fraction of sp³-hybridized carbons (Fsp3) is 0.642. The molecule has 0 spiro atoms. The van der Waals surface area contributed by atoms with Crippen LogP contribution >= 0.6 is 0 Å². The molecular formula is C53H87NO7. The summed E-state index contributed by atoms with van der Waals surface area (Å²) in [5, 5.41) is 11.6. The number of hydrogen-bond donors (Lipinski definition) is 0. The van der Waals surface area contributed by atoms with Gasteiger partial charge in [0, 0.05) is 19.3 Å². The minimum Gasteiger partial charge on any atom is -0.544 e. The topological polar surface area (TPSA) is 102 Å². The lowest BCUT2D eigenvalue weighted by Gasteiger charge is -2.34. The number of carbonyl (C=O) groups excluding carboxylic acids is 3. The number of likely N-dealkylation sites (N-methyl/N-ethyl adjacent to an activating group) is 1. The third-order valence-electron chi connectivity index (χ3n) is 9.95. The molecule has 2 atom stereocenters. The normalized spacial score (nSPS) is 13.8. The van der Waals surface area contributed by atoms with E-state index in [4.69, 9.17) is 14.2 Å². The fourth-order valence-electron chi connectivity index (χ4n) is 6.28. The molecule has 346 valence electrons. The van der Waals surface area contributed by atoms with Gasteiger partial charge in [-0.3, -0.25) is 9.59 Å². The van der Waals surface area contributed by atoms with Crippen LogP contribution in [0.3, 0.4) is 0 Å². The molecule has 0 aromatic heterocycles. The number of nitrogens with zero attached hydrogens (tertiary/aromatic N) is 1. The molecule has 0 N–H and O–H groups in total. The number of quaternary nitrogens is 1. The summed E-state index contributed by atoms with van der Waals surface area (Å²) in [7, 11) is 5.38. The number of ether oxygens (including phenoxy) is 3. The summed E-state index contributed by atoms with van der Waals surface area (Å²) < 4.78 is 17.1. The number of rotatable bonds is 41. The number of aliphatic carboxylic acids is 1. The van der Waals surface area contributed by atoms with Gasteiger partial charge in [-0.1, -0.05) is 150 Å². The maximum atomic E-state index is 12.7. The Balaban J connectivity index is 4.42. The Hall–Kier alpha value is -3.75. The van der Waals surface area contributed by atoms with Crippen LogP contribution in [0.2, 0.25) is 0 Å². The second kappa shape index (κ2) is 42.9. The van der Waals surface area contributed by atoms with Crippen molar-refractivity contribution in [2.75, 3.05) is 41.0 Å². The number of esters is 2. The average Bonchev–Trinajstić information content (AvgIpc) is 3.22. The first kappa shape index (κ1) is 57.2. The van der Waals surface area contributed by atoms with E-state index in [2.05, 4.69) is 111 Å². The van der Waals surface area contributed by atoms with Gasteiger partial charge in [-0.05, 0) is 96.3 Å². The van der Waals surface area contributed by atoms with Gasteiger partial charge in [-0.2, -0.15) is 0 Å². The van der Waals surface area contributed by atoms with Crippen LogP contribution in [0.5, 0.6) is 0 Å². The third-order valence-corrected chi connectivity index (χ3v) is 9.95. The lowest BCUT2D eigenvalue weighted by molar-refractivity contribution is -0.889. The lowest BCUT2D eigenvalue weighted by atomic mass is 10.1. The molecule has 0 aliphatic carbocycles. The van der Waals surface area contributed by atoms with Gasteiger partial charge in [0.1, 0.15) is 12.6 Å². The lowest BCUT2D eigenvalue weighted by Crippen LogP contribution is -2.55. The van der Waals surface area contributed by atoms with Crippen molar-refractivity contribution in [3.05, 3.63) is 97.2 Å². The van der Waals surface area contributed by atoms with Gasteiger partial charge < -0.3 is 28.6 Å². The second-order valence-electron chi connectivity index (χ2n) is 16.6. The van der Waals surface area contributed by atoms with Gasteiger partial charge in [-0.25, -0.2) is 0 Å². The molecule has 61 heavy (non-hydrogen) atoms. The highest BCUT2D eigenvalue weighted by Crippen LogP contribution is 2.12. The molecule has 0 heterocycles. The summed E-state index contributed by atoms with van der Waals surface area (Å²) in [6.07, 6.45) is 57.2. The number of hydrogen-bond acceptors (Lipinski definition) is 7. The van der Waals surface area contributed by atoms with Crippen LogP contribution in [0, 0.1) is 0 Å². The Morgan fingerprint density at radius 1 is 0.508 bits per heavy atom. The maximum absolute atomic E-state index is 12.7. The van der Waals surface area contributed by atoms with Crippen molar-refractivity contribution in [1.29, 1.82) is 0 Å². The molecule has 0 aromatic carbocycles. The van der Waals surface area contributed by atoms with Crippen molar-refractivity contribution in [2.45, 2.75) is 180 Å². The third kappa shape index (κ3) is 41.4. The summed E-state index contributed by atoms with van der Waals surface area (Å²) >= 11 is 0. The van der Waals surface area contributed by atoms with Crippen LogP contribution in [-0.2, 0) is 28.6 Å². The molecule has 0 aromatic rings. The Kier molecular flexibility index (Phi) is 40.3. The predicted octanol–water partition coefficient (Wildman–Crippen LogP) is 12.1. The molecule has 0 aliphatic heterocycles. The van der Waals surface area contributed by atoms with Crippen molar-refractivity contribution >= 4 is 17.9 Å². The molecular weight excluding hydrogens is 763 g/mol. The van der Waals surface area contributed by atoms with E-state index in [1.165, 1.54) is 38.5 Å². The Morgan fingerprint density at radius 2 is 0.918 bits per heavy atom. The van der Waals surface area contributed by atoms with Crippen LogP contribution in [0.25, 0.3) is 0 Å². The highest BCUT2D eigenvalue weighted by atomic mass is 16.6. The molecule has 0 bridgehead atoms. The quantitative estimate of drug-likeness (QED) is 0.0261. The van der Waals surface area contributed by atoms with E-state index in [-0.39, 0.29) is 49.1 Å². The summed E-state index contributed by atoms with van der Waals surface area (Å²) in [6.45, 7) is 4.45. The van der Waals surface area contributed by atoms with Crippen LogP contribution < -0.4 is 5.11 Å². The zero-order valence-electron chi connectivity index (χ0n) is 39.3. The molecule has 0 aliphatic rings. The van der Waals surface area contributed by atoms with Crippen molar-refractivity contribution in [1.82, 2.24) is 0 Å². The van der Waals surface area contributed by atoms with Crippen molar-refractivity contribution in [3.63, 3.8) is 0 Å². The summed E-state index contributed by atoms with van der Waals surface area (Å²) in [4.78, 5) is 36.9. The second-order valence-corrected chi connectivity index (χ2v) is 16.6. The minimum absolute atomic E-state index is 0.0151. The molecule has 0 saturated carbocycles. The standard InChI is InChI=1S/C53H87NO7/c1-6-8-10-12-14-16-18-20-22-24-25-26-27-28-30-31-33-35-37-39-41-43-51(55)60-48-49(47-59-46-45-50(53(57)58)54(3,4)5)61-52(56)44-42-40-38-36-34-32-29-23-21-19-17-15-13-11-9-7-2/h9,11,14-17,20-23,25-26,28,30,33,35,49-50H,6-8,10,12-13,18-19,24,27,29,31-32,34,36-48H2,1-5H3/b11-9+,16-14+,17-15+,22-20+,23-21+,26-25+,30-28+,35-33+. The van der Waals surface area contributed by atoms with Crippen molar-refractivity contribution in [3.8, 4) is 0 Å². The number of carboxylic acids is 1. The highest BCUT2D eigenvalue weighted by Gasteiger charge is 2.25. The van der Waals surface area contributed by atoms with Crippen LogP contribution in [0.4, 0.5) is 0 Å². The summed E-state index contributed by atoms with van der Waals surface area (Å²) in [5.74, 6) is -1.82.